The zero-order valence-corrected chi connectivity index (χ0v) is 14.1. The summed E-state index contributed by atoms with van der Waals surface area (Å²) in [5, 5.41) is 0. The number of ether oxygens (including phenoxy) is 2. The molecule has 2 rings (SSSR count). The van der Waals surface area contributed by atoms with Gasteiger partial charge in [-0.2, -0.15) is 0 Å². The Labute approximate surface area is 133 Å². The summed E-state index contributed by atoms with van der Waals surface area (Å²) in [7, 11) is 3.29. The molecule has 1 fully saturated rings. The maximum absolute atomic E-state index is 12.5. The molecule has 0 spiro atoms. The second-order valence-corrected chi connectivity index (χ2v) is 5.83. The topological polar surface area (TPSA) is 38.8 Å². The molecule has 1 unspecified atom stereocenters. The number of hydrogen-bond donors (Lipinski definition) is 0. The number of nitrogens with zero attached hydrogens (tertiary/aromatic N) is 1. The monoisotopic (exact) mass is 305 g/mol. The van der Waals surface area contributed by atoms with Crippen molar-refractivity contribution in [2.24, 2.45) is 5.92 Å². The van der Waals surface area contributed by atoms with Gasteiger partial charge in [-0.1, -0.05) is 6.07 Å². The van der Waals surface area contributed by atoms with Gasteiger partial charge in [0, 0.05) is 19.5 Å². The lowest BCUT2D eigenvalue weighted by atomic mass is 9.90. The van der Waals surface area contributed by atoms with Crippen LogP contribution in [0.3, 0.4) is 0 Å². The fourth-order valence-electron chi connectivity index (χ4n) is 3.03. The van der Waals surface area contributed by atoms with E-state index in [1.165, 1.54) is 18.4 Å². The van der Waals surface area contributed by atoms with Crippen LogP contribution in [0.1, 0.15) is 44.6 Å². The van der Waals surface area contributed by atoms with Crippen LogP contribution >= 0.6 is 0 Å². The Morgan fingerprint density at radius 2 is 1.82 bits per heavy atom. The molecule has 0 bridgehead atoms. The Balaban J connectivity index is 2.19. The summed E-state index contributed by atoms with van der Waals surface area (Å²) in [5.41, 5.74) is 1.18. The molecule has 1 saturated carbocycles. The Kier molecular flexibility index (Phi) is 5.69. The molecule has 0 aromatic heterocycles. The van der Waals surface area contributed by atoms with Crippen molar-refractivity contribution in [2.45, 2.75) is 39.0 Å². The number of rotatable bonds is 8. The summed E-state index contributed by atoms with van der Waals surface area (Å²) < 4.78 is 10.7. The number of carbonyl (C=O) groups is 1. The third-order valence-corrected chi connectivity index (χ3v) is 4.54. The average molecular weight is 305 g/mol. The lowest BCUT2D eigenvalue weighted by molar-refractivity contribution is -0.131. The first-order valence-corrected chi connectivity index (χ1v) is 8.14. The number of carbonyl (C=O) groups excluding carboxylic acids is 1. The highest BCUT2D eigenvalue weighted by Crippen LogP contribution is 2.46. The molecule has 0 radical (unpaired) electrons. The average Bonchev–Trinajstić information content (AvgIpc) is 3.37. The molecule has 1 aliphatic rings. The van der Waals surface area contributed by atoms with Gasteiger partial charge in [0.15, 0.2) is 11.5 Å². The van der Waals surface area contributed by atoms with Gasteiger partial charge in [0.2, 0.25) is 5.91 Å². The van der Waals surface area contributed by atoms with Crippen molar-refractivity contribution >= 4 is 5.91 Å². The highest BCUT2D eigenvalue weighted by molar-refractivity contribution is 5.77. The normalized spacial score (nSPS) is 15.3. The van der Waals surface area contributed by atoms with E-state index in [4.69, 9.17) is 9.47 Å². The molecule has 0 N–H and O–H groups in total. The summed E-state index contributed by atoms with van der Waals surface area (Å²) in [4.78, 5) is 14.4. The number of methoxy groups -OCH3 is 2. The number of benzene rings is 1. The van der Waals surface area contributed by atoms with E-state index in [1.807, 2.05) is 30.9 Å². The molecular weight excluding hydrogens is 278 g/mol. The molecule has 1 aliphatic carbocycles. The first-order valence-electron chi connectivity index (χ1n) is 8.14. The highest BCUT2D eigenvalue weighted by Gasteiger charge is 2.34. The Hall–Kier alpha value is -1.71. The van der Waals surface area contributed by atoms with Gasteiger partial charge < -0.3 is 14.4 Å². The number of hydrogen-bond acceptors (Lipinski definition) is 3. The van der Waals surface area contributed by atoms with E-state index in [0.717, 1.165) is 24.6 Å². The predicted octanol–water partition coefficient (Wildman–Crippen LogP) is 3.46. The van der Waals surface area contributed by atoms with Crippen LogP contribution in [0.2, 0.25) is 0 Å². The summed E-state index contributed by atoms with van der Waals surface area (Å²) in [6.07, 6.45) is 3.01. The Bertz CT molecular complexity index is 507. The van der Waals surface area contributed by atoms with Crippen molar-refractivity contribution in [3.05, 3.63) is 23.8 Å². The largest absolute Gasteiger partial charge is 0.493 e. The van der Waals surface area contributed by atoms with Crippen molar-refractivity contribution < 1.29 is 14.3 Å². The van der Waals surface area contributed by atoms with E-state index < -0.39 is 0 Å². The summed E-state index contributed by atoms with van der Waals surface area (Å²) >= 11 is 0. The lowest BCUT2D eigenvalue weighted by Gasteiger charge is -2.23. The third-order valence-electron chi connectivity index (χ3n) is 4.54. The molecular formula is C18H27NO3. The van der Waals surface area contributed by atoms with Gasteiger partial charge in [-0.05, 0) is 56.2 Å². The van der Waals surface area contributed by atoms with Gasteiger partial charge in [0.25, 0.3) is 0 Å². The minimum atomic E-state index is 0.247. The van der Waals surface area contributed by atoms with E-state index >= 15 is 0 Å². The van der Waals surface area contributed by atoms with Crippen molar-refractivity contribution in [3.63, 3.8) is 0 Å². The van der Waals surface area contributed by atoms with Crippen molar-refractivity contribution in [3.8, 4) is 11.5 Å². The van der Waals surface area contributed by atoms with Crippen LogP contribution in [0.5, 0.6) is 11.5 Å². The zero-order chi connectivity index (χ0) is 16.1. The van der Waals surface area contributed by atoms with Gasteiger partial charge in [0.1, 0.15) is 0 Å². The third kappa shape index (κ3) is 3.73. The first kappa shape index (κ1) is 16.7. The van der Waals surface area contributed by atoms with Crippen LogP contribution in [0.25, 0.3) is 0 Å². The first-order chi connectivity index (χ1) is 10.6. The van der Waals surface area contributed by atoms with Gasteiger partial charge in [-0.3, -0.25) is 4.79 Å². The van der Waals surface area contributed by atoms with Crippen LogP contribution < -0.4 is 9.47 Å². The van der Waals surface area contributed by atoms with Crippen LogP contribution in [-0.4, -0.2) is 38.1 Å². The second-order valence-electron chi connectivity index (χ2n) is 5.83. The van der Waals surface area contributed by atoms with E-state index in [1.54, 1.807) is 14.2 Å². The van der Waals surface area contributed by atoms with Crippen molar-refractivity contribution in [2.75, 3.05) is 27.3 Å². The molecule has 1 aromatic carbocycles. The molecule has 0 heterocycles. The fraction of sp³-hybridized carbons (Fsp3) is 0.611. The molecule has 1 aromatic rings. The van der Waals surface area contributed by atoms with E-state index in [-0.39, 0.29) is 11.8 Å². The van der Waals surface area contributed by atoms with Gasteiger partial charge in [0.05, 0.1) is 14.2 Å². The maximum atomic E-state index is 12.5. The quantitative estimate of drug-likeness (QED) is 0.738. The smallest absolute Gasteiger partial charge is 0.223 e. The summed E-state index contributed by atoms with van der Waals surface area (Å²) in [5.74, 6) is 2.62. The molecule has 1 atom stereocenters. The molecule has 0 aliphatic heterocycles. The molecule has 1 amide bonds. The van der Waals surface area contributed by atoms with E-state index in [0.29, 0.717) is 12.3 Å². The van der Waals surface area contributed by atoms with Crippen LogP contribution in [0.15, 0.2) is 18.2 Å². The molecule has 4 nitrogen and oxygen atoms in total. The zero-order valence-electron chi connectivity index (χ0n) is 14.1. The Morgan fingerprint density at radius 1 is 1.18 bits per heavy atom. The summed E-state index contributed by atoms with van der Waals surface area (Å²) in [6.45, 7) is 5.62. The maximum Gasteiger partial charge on any atom is 0.223 e. The van der Waals surface area contributed by atoms with Crippen molar-refractivity contribution in [1.82, 2.24) is 4.90 Å². The van der Waals surface area contributed by atoms with Crippen LogP contribution in [-0.2, 0) is 4.79 Å². The minimum absolute atomic E-state index is 0.247. The predicted molar refractivity (Wildman–Crippen MR) is 87.6 cm³/mol. The van der Waals surface area contributed by atoms with E-state index in [2.05, 4.69) is 6.07 Å². The molecule has 22 heavy (non-hydrogen) atoms. The Morgan fingerprint density at radius 3 is 2.32 bits per heavy atom. The molecule has 4 heteroatoms. The lowest BCUT2D eigenvalue weighted by Crippen LogP contribution is -2.31. The van der Waals surface area contributed by atoms with Gasteiger partial charge >= 0.3 is 0 Å². The van der Waals surface area contributed by atoms with Crippen LogP contribution in [0, 0.1) is 5.92 Å². The van der Waals surface area contributed by atoms with E-state index in [9.17, 15) is 4.79 Å². The number of amides is 1. The standard InChI is InChI=1S/C18H27NO3/c1-5-19(6-2)18(20)12-15(13-7-8-13)14-9-10-16(21-3)17(11-14)22-4/h9-11,13,15H,5-8,12H2,1-4H3. The second kappa shape index (κ2) is 7.52. The highest BCUT2D eigenvalue weighted by atomic mass is 16.5. The summed E-state index contributed by atoms with van der Waals surface area (Å²) in [6, 6.07) is 6.03. The minimum Gasteiger partial charge on any atom is -0.493 e. The van der Waals surface area contributed by atoms with Gasteiger partial charge in [-0.25, -0.2) is 0 Å². The van der Waals surface area contributed by atoms with Gasteiger partial charge in [-0.15, -0.1) is 0 Å². The van der Waals surface area contributed by atoms with Crippen LogP contribution in [0.4, 0.5) is 0 Å². The fourth-order valence-corrected chi connectivity index (χ4v) is 3.03. The SMILES string of the molecule is CCN(CC)C(=O)CC(c1ccc(OC)c(OC)c1)C1CC1. The molecule has 0 saturated heterocycles. The van der Waals surface area contributed by atoms with Crippen molar-refractivity contribution in [1.29, 1.82) is 0 Å². The molecule has 122 valence electrons.